The monoisotopic (exact) mass is 491 g/mol. The molecule has 1 saturated heterocycles. The third kappa shape index (κ3) is 4.02. The largest absolute Gasteiger partial charge is 0.467 e. The Bertz CT molecular complexity index is 1250. The van der Waals surface area contributed by atoms with Crippen LogP contribution in [0.15, 0.2) is 121 Å². The quantitative estimate of drug-likeness (QED) is 0.242. The van der Waals surface area contributed by atoms with Gasteiger partial charge in [-0.2, -0.15) is 0 Å². The summed E-state index contributed by atoms with van der Waals surface area (Å²) in [7, 11) is 1.39. The van der Waals surface area contributed by atoms with E-state index in [1.807, 2.05) is 97.1 Å². The molecule has 1 aliphatic rings. The zero-order chi connectivity index (χ0) is 25.7. The third-order valence-corrected chi connectivity index (χ3v) is 7.29. The van der Waals surface area contributed by atoms with Gasteiger partial charge in [-0.15, -0.1) is 5.06 Å². The second-order valence-electron chi connectivity index (χ2n) is 9.15. The lowest BCUT2D eigenvalue weighted by atomic mass is 9.57. The Labute approximate surface area is 217 Å². The van der Waals surface area contributed by atoms with Crippen LogP contribution < -0.4 is 0 Å². The Morgan fingerprint density at radius 2 is 1.14 bits per heavy atom. The molecule has 0 radical (unpaired) electrons. The summed E-state index contributed by atoms with van der Waals surface area (Å²) >= 11 is 0. The SMILES string of the molecule is COC(=O)C1(C(c2ccccc2)(c2ccccc2)c2ccccc2)CCCN1OC(=O)c1ccccc1. The molecule has 1 aliphatic heterocycles. The van der Waals surface area contributed by atoms with Crippen LogP contribution in [0.2, 0.25) is 0 Å². The second kappa shape index (κ2) is 10.4. The summed E-state index contributed by atoms with van der Waals surface area (Å²) in [5.41, 5.74) is 0.715. The number of methoxy groups -OCH3 is 1. The van der Waals surface area contributed by atoms with Gasteiger partial charge in [-0.05, 0) is 41.7 Å². The standard InChI is InChI=1S/C32H29NO4/c1-36-30(35)31(23-14-24-33(31)37-29(34)25-15-6-2-7-16-25)32(26-17-8-3-9-18-26,27-19-10-4-11-20-27)28-21-12-5-13-22-28/h2-13,15-22H,14,23-24H2,1H3. The molecule has 0 bridgehead atoms. The lowest BCUT2D eigenvalue weighted by Crippen LogP contribution is -2.65. The summed E-state index contributed by atoms with van der Waals surface area (Å²) in [5.74, 6) is -0.971. The highest BCUT2D eigenvalue weighted by atomic mass is 16.7. The number of carbonyl (C=O) groups excluding carboxylic acids is 2. The van der Waals surface area contributed by atoms with Gasteiger partial charge in [0.05, 0.1) is 18.1 Å². The topological polar surface area (TPSA) is 55.8 Å². The molecule has 0 amide bonds. The van der Waals surface area contributed by atoms with Crippen LogP contribution in [0.25, 0.3) is 0 Å². The molecule has 0 saturated carbocycles. The van der Waals surface area contributed by atoms with Gasteiger partial charge in [0.25, 0.3) is 0 Å². The second-order valence-corrected chi connectivity index (χ2v) is 9.15. The Morgan fingerprint density at radius 1 is 0.703 bits per heavy atom. The molecule has 0 N–H and O–H groups in total. The van der Waals surface area contributed by atoms with Crippen molar-refractivity contribution >= 4 is 11.9 Å². The minimum atomic E-state index is -1.36. The van der Waals surface area contributed by atoms with Crippen molar-refractivity contribution in [3.05, 3.63) is 144 Å². The van der Waals surface area contributed by atoms with Gasteiger partial charge in [0.1, 0.15) is 0 Å². The van der Waals surface area contributed by atoms with Gasteiger partial charge >= 0.3 is 11.9 Å². The van der Waals surface area contributed by atoms with Gasteiger partial charge < -0.3 is 9.57 Å². The number of carbonyl (C=O) groups is 2. The minimum absolute atomic E-state index is 0.391. The number of hydrogen-bond acceptors (Lipinski definition) is 5. The molecule has 5 heteroatoms. The lowest BCUT2D eigenvalue weighted by molar-refractivity contribution is -0.197. The average Bonchev–Trinajstić information content (AvgIpc) is 3.39. The number of hydrogen-bond donors (Lipinski definition) is 0. The highest BCUT2D eigenvalue weighted by Gasteiger charge is 2.66. The number of rotatable bonds is 7. The summed E-state index contributed by atoms with van der Waals surface area (Å²) in [6.45, 7) is 0.391. The van der Waals surface area contributed by atoms with Crippen LogP contribution in [0.1, 0.15) is 39.9 Å². The number of benzene rings is 4. The van der Waals surface area contributed by atoms with Crippen molar-refractivity contribution in [2.45, 2.75) is 23.8 Å². The number of esters is 1. The van der Waals surface area contributed by atoms with E-state index in [0.717, 1.165) is 16.7 Å². The van der Waals surface area contributed by atoms with Crippen LogP contribution in [-0.4, -0.2) is 36.2 Å². The molecular weight excluding hydrogens is 462 g/mol. The fraction of sp³-hybridized carbons (Fsp3) is 0.188. The van der Waals surface area contributed by atoms with Gasteiger partial charge in [-0.3, -0.25) is 0 Å². The van der Waals surface area contributed by atoms with Crippen molar-refractivity contribution in [1.82, 2.24) is 5.06 Å². The number of hydroxylamine groups is 2. The van der Waals surface area contributed by atoms with E-state index >= 15 is 0 Å². The van der Waals surface area contributed by atoms with E-state index in [1.54, 1.807) is 29.3 Å². The molecule has 0 aliphatic carbocycles. The maximum atomic E-state index is 14.2. The first-order valence-electron chi connectivity index (χ1n) is 12.4. The predicted molar refractivity (Wildman–Crippen MR) is 142 cm³/mol. The van der Waals surface area contributed by atoms with Crippen LogP contribution in [-0.2, 0) is 19.8 Å². The Kier molecular flexibility index (Phi) is 6.89. The van der Waals surface area contributed by atoms with Gasteiger partial charge in [-0.25, -0.2) is 9.59 Å². The molecule has 4 aromatic rings. The Balaban J connectivity index is 1.82. The zero-order valence-electron chi connectivity index (χ0n) is 20.7. The summed E-state index contributed by atoms with van der Waals surface area (Å²) in [6, 6.07) is 38.7. The molecule has 0 aromatic heterocycles. The molecule has 1 fully saturated rings. The van der Waals surface area contributed by atoms with Crippen LogP contribution in [0.5, 0.6) is 0 Å². The fourth-order valence-electron chi connectivity index (χ4n) is 5.83. The first-order valence-corrected chi connectivity index (χ1v) is 12.4. The van der Waals surface area contributed by atoms with E-state index in [4.69, 9.17) is 9.57 Å². The van der Waals surface area contributed by atoms with Crippen LogP contribution in [0.3, 0.4) is 0 Å². The van der Waals surface area contributed by atoms with Crippen LogP contribution in [0.4, 0.5) is 0 Å². The Hall–Kier alpha value is -4.22. The van der Waals surface area contributed by atoms with Gasteiger partial charge in [0.2, 0.25) is 0 Å². The molecular formula is C32H29NO4. The first-order chi connectivity index (χ1) is 18.1. The van der Waals surface area contributed by atoms with E-state index in [-0.39, 0.29) is 0 Å². The molecule has 186 valence electrons. The van der Waals surface area contributed by atoms with Crippen molar-refractivity contribution in [1.29, 1.82) is 0 Å². The van der Waals surface area contributed by atoms with E-state index in [2.05, 4.69) is 0 Å². The molecule has 1 unspecified atom stereocenters. The lowest BCUT2D eigenvalue weighted by Gasteiger charge is -2.50. The average molecular weight is 492 g/mol. The molecule has 5 nitrogen and oxygen atoms in total. The molecule has 1 atom stereocenters. The first kappa shape index (κ1) is 24.5. The summed E-state index contributed by atoms with van der Waals surface area (Å²) in [4.78, 5) is 33.6. The highest BCUT2D eigenvalue weighted by molar-refractivity contribution is 5.90. The van der Waals surface area contributed by atoms with E-state index < -0.39 is 22.9 Å². The van der Waals surface area contributed by atoms with E-state index in [1.165, 1.54) is 7.11 Å². The minimum Gasteiger partial charge on any atom is -0.467 e. The summed E-state index contributed by atoms with van der Waals surface area (Å²) < 4.78 is 5.55. The summed E-state index contributed by atoms with van der Waals surface area (Å²) in [5, 5.41) is 1.57. The molecule has 4 aromatic carbocycles. The molecule has 1 heterocycles. The number of nitrogens with zero attached hydrogens (tertiary/aromatic N) is 1. The van der Waals surface area contributed by atoms with Crippen molar-refractivity contribution in [3.63, 3.8) is 0 Å². The van der Waals surface area contributed by atoms with Crippen molar-refractivity contribution in [3.8, 4) is 0 Å². The normalized spacial score (nSPS) is 17.8. The van der Waals surface area contributed by atoms with Gasteiger partial charge in [0.15, 0.2) is 5.54 Å². The van der Waals surface area contributed by atoms with Crippen molar-refractivity contribution in [2.24, 2.45) is 0 Å². The van der Waals surface area contributed by atoms with Gasteiger partial charge in [0, 0.05) is 6.54 Å². The van der Waals surface area contributed by atoms with Crippen molar-refractivity contribution < 1.29 is 19.2 Å². The maximum absolute atomic E-state index is 14.2. The molecule has 0 spiro atoms. The number of ether oxygens (including phenoxy) is 1. The van der Waals surface area contributed by atoms with Crippen LogP contribution in [0, 0.1) is 0 Å². The highest BCUT2D eigenvalue weighted by Crippen LogP contribution is 2.55. The van der Waals surface area contributed by atoms with E-state index in [0.29, 0.717) is 24.9 Å². The van der Waals surface area contributed by atoms with Crippen LogP contribution >= 0.6 is 0 Å². The van der Waals surface area contributed by atoms with Gasteiger partial charge in [-0.1, -0.05) is 109 Å². The molecule has 5 rings (SSSR count). The van der Waals surface area contributed by atoms with E-state index in [9.17, 15) is 9.59 Å². The Morgan fingerprint density at radius 3 is 1.57 bits per heavy atom. The summed E-state index contributed by atoms with van der Waals surface area (Å²) in [6.07, 6.45) is 1.08. The predicted octanol–water partition coefficient (Wildman–Crippen LogP) is 5.80. The zero-order valence-corrected chi connectivity index (χ0v) is 20.7. The maximum Gasteiger partial charge on any atom is 0.357 e. The molecule has 37 heavy (non-hydrogen) atoms. The smallest absolute Gasteiger partial charge is 0.357 e. The van der Waals surface area contributed by atoms with Crippen molar-refractivity contribution in [2.75, 3.05) is 13.7 Å². The fourth-order valence-corrected chi connectivity index (χ4v) is 5.83. The third-order valence-electron chi connectivity index (χ3n) is 7.29.